The van der Waals surface area contributed by atoms with Gasteiger partial charge in [0, 0.05) is 27.4 Å². The molecule has 3 aliphatic rings. The maximum Gasteiger partial charge on any atom is 0.311 e. The summed E-state index contributed by atoms with van der Waals surface area (Å²) in [5, 5.41) is 10.1. The molecule has 3 rings (SSSR count). The van der Waals surface area contributed by atoms with Crippen LogP contribution in [0.2, 0.25) is 0 Å². The second-order valence-electron chi connectivity index (χ2n) is 8.62. The van der Waals surface area contributed by atoms with Crippen molar-refractivity contribution in [3.8, 4) is 0 Å². The Morgan fingerprint density at radius 2 is 2.20 bits per heavy atom. The first kappa shape index (κ1) is 12.4. The van der Waals surface area contributed by atoms with Gasteiger partial charge < -0.3 is 14.6 Å². The largest absolute Gasteiger partial charge is 0.462 e. The van der Waals surface area contributed by atoms with E-state index in [0.717, 1.165) is 0 Å². The van der Waals surface area contributed by atoms with E-state index in [0.29, 0.717) is 12.0 Å². The predicted octanol–water partition coefficient (Wildman–Crippen LogP) is 4.59. The van der Waals surface area contributed by atoms with Crippen molar-refractivity contribution in [1.29, 1.82) is 0 Å². The number of esters is 2. The van der Waals surface area contributed by atoms with Crippen molar-refractivity contribution in [2.75, 3.05) is 0 Å². The van der Waals surface area contributed by atoms with E-state index in [1.807, 2.05) is 13.0 Å². The van der Waals surface area contributed by atoms with Crippen LogP contribution in [0, 0.1) is 29.1 Å². The van der Waals surface area contributed by atoms with Gasteiger partial charge in [0.15, 0.2) is 0 Å². The number of hydrogen-bond acceptors (Lipinski definition) is 5. The number of aliphatic hydroxyl groups is 1. The molecular weight excluding hydrogens is 380 g/mol. The molecular formula is C25H38O5. The van der Waals surface area contributed by atoms with E-state index in [2.05, 4.69) is 0 Å². The number of carbonyl (C=O) groups is 2. The summed E-state index contributed by atoms with van der Waals surface area (Å²) in [6, 6.07) is 0. The number of ether oxygens (including phenoxy) is 2. The Balaban J connectivity index is 1.96. The van der Waals surface area contributed by atoms with Crippen LogP contribution in [0.4, 0.5) is 0 Å². The quantitative estimate of drug-likeness (QED) is 0.625. The van der Waals surface area contributed by atoms with Crippen molar-refractivity contribution < 1.29 is 39.2 Å². The highest BCUT2D eigenvalue weighted by Gasteiger charge is 2.43. The first-order valence-corrected chi connectivity index (χ1v) is 10.6. The summed E-state index contributed by atoms with van der Waals surface area (Å²) in [5.74, 6) is -4.67. The zero-order chi connectivity index (χ0) is 31.3. The van der Waals surface area contributed by atoms with Crippen LogP contribution in [-0.2, 0) is 19.1 Å². The highest BCUT2D eigenvalue weighted by Crippen LogP contribution is 2.45. The fourth-order valence-corrected chi connectivity index (χ4v) is 4.62. The summed E-state index contributed by atoms with van der Waals surface area (Å²) in [6.07, 6.45) is -1.02. The van der Waals surface area contributed by atoms with E-state index in [1.165, 1.54) is 6.92 Å². The number of cyclic esters (lactones) is 1. The maximum absolute atomic E-state index is 13.6. The van der Waals surface area contributed by atoms with E-state index in [1.54, 1.807) is 12.2 Å². The van der Waals surface area contributed by atoms with Crippen LogP contribution in [-0.4, -0.2) is 35.4 Å². The van der Waals surface area contributed by atoms with E-state index >= 15 is 0 Å². The average Bonchev–Trinajstić information content (AvgIpc) is 2.80. The number of rotatable bonds is 6. The lowest BCUT2D eigenvalue weighted by atomic mass is 9.65. The lowest BCUT2D eigenvalue weighted by Crippen LogP contribution is -2.43. The van der Waals surface area contributed by atoms with Crippen molar-refractivity contribution in [2.45, 2.75) is 91.2 Å². The minimum Gasteiger partial charge on any atom is -0.462 e. The third-order valence-corrected chi connectivity index (χ3v) is 6.40. The summed E-state index contributed by atoms with van der Waals surface area (Å²) in [4.78, 5) is 25.7. The predicted molar refractivity (Wildman–Crippen MR) is 115 cm³/mol. The summed E-state index contributed by atoms with van der Waals surface area (Å²) in [6.45, 7) is -5.73. The van der Waals surface area contributed by atoms with Gasteiger partial charge in [-0.25, -0.2) is 0 Å². The van der Waals surface area contributed by atoms with E-state index < -0.39 is 80.9 Å². The van der Waals surface area contributed by atoms with Crippen LogP contribution in [0.15, 0.2) is 23.8 Å². The van der Waals surface area contributed by atoms with Gasteiger partial charge >= 0.3 is 11.9 Å². The monoisotopic (exact) mass is 429 g/mol. The molecule has 0 aromatic heterocycles. The van der Waals surface area contributed by atoms with Crippen molar-refractivity contribution in [3.05, 3.63) is 23.8 Å². The SMILES string of the molecule is [2H]C([2H])([2H])[C@H]1C=C2C=C[C@H](C)[C@H](CCC3C[C@@H](O)C([2H])([2H])C(=O)O3)[C@H]2[C@@H](OC(=O)C(CC)(C([2H])([2H])[2H])C([2H])([2H])[2H])C1. The fraction of sp³-hybridized carbons (Fsp3) is 0.760. The second kappa shape index (κ2) is 9.25. The molecule has 5 heteroatoms. The van der Waals surface area contributed by atoms with E-state index in [4.69, 9.17) is 24.6 Å². The van der Waals surface area contributed by atoms with Gasteiger partial charge in [-0.2, -0.15) is 0 Å². The topological polar surface area (TPSA) is 72.8 Å². The molecule has 30 heavy (non-hydrogen) atoms. The van der Waals surface area contributed by atoms with Gasteiger partial charge in [0.05, 0.1) is 17.9 Å². The minimum atomic E-state index is -3.23. The summed E-state index contributed by atoms with van der Waals surface area (Å²) >= 11 is 0. The molecule has 0 spiro atoms. The van der Waals surface area contributed by atoms with Crippen molar-refractivity contribution in [2.24, 2.45) is 29.1 Å². The van der Waals surface area contributed by atoms with Crippen LogP contribution in [0.1, 0.15) is 88.0 Å². The molecule has 1 heterocycles. The fourth-order valence-electron chi connectivity index (χ4n) is 4.62. The van der Waals surface area contributed by atoms with Gasteiger partial charge in [-0.15, -0.1) is 0 Å². The minimum absolute atomic E-state index is 0.112. The standard InChI is InChI=1S/C25H38O5/c1-6-25(4,5)24(28)30-21-12-15(2)11-17-8-7-16(3)20(23(17)21)10-9-19-13-18(26)14-22(27)29-19/h7-8,11,15-16,18-21,23,26H,6,9-10,12-14H2,1-5H3/t15-,16-,18+,19?,20-,21-,23-/m0/s1/i2D3,4D3,5D3,14D2. The Kier molecular flexibility index (Phi) is 3.83. The maximum atomic E-state index is 13.6. The molecule has 0 aromatic carbocycles. The molecule has 0 bridgehead atoms. The van der Waals surface area contributed by atoms with Crippen LogP contribution in [0.25, 0.3) is 0 Å². The summed E-state index contributed by atoms with van der Waals surface area (Å²) in [7, 11) is 0. The number of allylic oxidation sites excluding steroid dienone is 3. The molecule has 0 aromatic rings. The van der Waals surface area contributed by atoms with Crippen molar-refractivity contribution >= 4 is 11.9 Å². The summed E-state index contributed by atoms with van der Waals surface area (Å²) in [5.41, 5.74) is -2.24. The Morgan fingerprint density at radius 3 is 2.87 bits per heavy atom. The Hall–Kier alpha value is -1.62. The third-order valence-electron chi connectivity index (χ3n) is 6.40. The first-order chi connectivity index (χ1) is 18.6. The zero-order valence-corrected chi connectivity index (χ0v) is 17.4. The summed E-state index contributed by atoms with van der Waals surface area (Å²) < 4.78 is 98.0. The van der Waals surface area contributed by atoms with E-state index in [9.17, 15) is 14.7 Å². The average molecular weight is 430 g/mol. The third kappa shape index (κ3) is 5.16. The van der Waals surface area contributed by atoms with Gasteiger partial charge in [-0.3, -0.25) is 9.59 Å². The molecule has 0 saturated carbocycles. The smallest absolute Gasteiger partial charge is 0.311 e. The number of hydrogen-bond donors (Lipinski definition) is 1. The molecule has 1 unspecified atom stereocenters. The zero-order valence-electron chi connectivity index (χ0n) is 28.4. The van der Waals surface area contributed by atoms with Crippen LogP contribution in [0.5, 0.6) is 0 Å². The van der Waals surface area contributed by atoms with Crippen molar-refractivity contribution in [3.63, 3.8) is 0 Å². The molecule has 1 N–H and O–H groups in total. The Morgan fingerprint density at radius 1 is 1.40 bits per heavy atom. The molecule has 1 aliphatic heterocycles. The molecule has 0 amide bonds. The van der Waals surface area contributed by atoms with Gasteiger partial charge in [-0.05, 0) is 62.7 Å². The van der Waals surface area contributed by atoms with Gasteiger partial charge in [0.25, 0.3) is 0 Å². The lowest BCUT2D eigenvalue weighted by molar-refractivity contribution is -0.166. The van der Waals surface area contributed by atoms with Crippen LogP contribution in [0.3, 0.4) is 0 Å². The first-order valence-electron chi connectivity index (χ1n) is 16.1. The van der Waals surface area contributed by atoms with E-state index in [-0.39, 0.29) is 31.1 Å². The highest BCUT2D eigenvalue weighted by atomic mass is 16.6. The second-order valence-corrected chi connectivity index (χ2v) is 8.62. The van der Waals surface area contributed by atoms with Crippen LogP contribution < -0.4 is 0 Å². The van der Waals surface area contributed by atoms with Gasteiger partial charge in [0.2, 0.25) is 0 Å². The van der Waals surface area contributed by atoms with Gasteiger partial charge in [-0.1, -0.05) is 38.9 Å². The molecule has 7 atom stereocenters. The Bertz CT molecular complexity index is 1050. The lowest BCUT2D eigenvalue weighted by Gasteiger charge is -2.44. The highest BCUT2D eigenvalue weighted by molar-refractivity contribution is 5.76. The molecule has 168 valence electrons. The van der Waals surface area contributed by atoms with Crippen molar-refractivity contribution in [1.82, 2.24) is 0 Å². The molecule has 2 aliphatic carbocycles. The van der Waals surface area contributed by atoms with Crippen LogP contribution >= 0.6 is 0 Å². The normalized spacial score (nSPS) is 44.9. The number of aliphatic hydroxyl groups excluding tert-OH is 1. The molecule has 0 radical (unpaired) electrons. The number of carbonyl (C=O) groups excluding carboxylic acids is 2. The Labute approximate surface area is 196 Å². The van der Waals surface area contributed by atoms with Gasteiger partial charge in [0.1, 0.15) is 12.2 Å². The molecule has 5 nitrogen and oxygen atoms in total. The molecule has 1 saturated heterocycles. The number of fused-ring (bicyclic) bond motifs is 1. The molecule has 1 fully saturated rings.